The van der Waals surface area contributed by atoms with Crippen molar-refractivity contribution in [2.45, 2.75) is 39.5 Å². The number of aliphatic hydroxyl groups is 1. The molecule has 2 heterocycles. The van der Waals surface area contributed by atoms with E-state index in [1.54, 1.807) is 4.57 Å². The highest BCUT2D eigenvalue weighted by molar-refractivity contribution is 5.74. The van der Waals surface area contributed by atoms with E-state index in [1.165, 1.54) is 11.6 Å². The Morgan fingerprint density at radius 1 is 1.29 bits per heavy atom. The third-order valence-corrected chi connectivity index (χ3v) is 4.34. The number of nitrogens with zero attached hydrogens (tertiary/aromatic N) is 3. The van der Waals surface area contributed by atoms with Crippen LogP contribution in [0, 0.1) is 6.92 Å². The molecule has 1 aromatic carbocycles. The SMILES string of the molecule is Cc1ccccc1OCC(O)Cn1c(NC(C)C)nc2c1c(=O)[nH]c(=O)n2C. The summed E-state index contributed by atoms with van der Waals surface area (Å²) in [6.45, 7) is 5.93. The Bertz CT molecular complexity index is 1100. The number of hydrogen-bond donors (Lipinski definition) is 3. The monoisotopic (exact) mass is 387 g/mol. The van der Waals surface area contributed by atoms with Crippen molar-refractivity contribution in [3.8, 4) is 5.75 Å². The Hall–Kier alpha value is -3.07. The number of H-pyrrole nitrogens is 1. The summed E-state index contributed by atoms with van der Waals surface area (Å²) in [6.07, 6.45) is -0.888. The first-order valence-electron chi connectivity index (χ1n) is 9.10. The summed E-state index contributed by atoms with van der Waals surface area (Å²) in [6, 6.07) is 7.59. The molecule has 0 aliphatic heterocycles. The molecule has 0 fully saturated rings. The quantitative estimate of drug-likeness (QED) is 0.557. The highest BCUT2D eigenvalue weighted by atomic mass is 16.5. The lowest BCUT2D eigenvalue weighted by atomic mass is 10.2. The van der Waals surface area contributed by atoms with Gasteiger partial charge in [0.1, 0.15) is 18.5 Å². The zero-order valence-electron chi connectivity index (χ0n) is 16.4. The third kappa shape index (κ3) is 3.94. The minimum atomic E-state index is -0.888. The second-order valence-corrected chi connectivity index (χ2v) is 7.07. The van der Waals surface area contributed by atoms with Gasteiger partial charge in [0.25, 0.3) is 5.56 Å². The van der Waals surface area contributed by atoms with Crippen molar-refractivity contribution in [3.63, 3.8) is 0 Å². The van der Waals surface area contributed by atoms with Crippen LogP contribution in [0.15, 0.2) is 33.9 Å². The van der Waals surface area contributed by atoms with E-state index in [1.807, 2.05) is 45.0 Å². The third-order valence-electron chi connectivity index (χ3n) is 4.34. The Balaban J connectivity index is 1.92. The summed E-state index contributed by atoms with van der Waals surface area (Å²) in [5, 5.41) is 13.7. The average molecular weight is 387 g/mol. The zero-order valence-corrected chi connectivity index (χ0v) is 16.4. The van der Waals surface area contributed by atoms with Crippen LogP contribution in [-0.4, -0.2) is 43.0 Å². The van der Waals surface area contributed by atoms with Gasteiger partial charge in [0.2, 0.25) is 5.95 Å². The Kier molecular flexibility index (Phi) is 5.55. The van der Waals surface area contributed by atoms with E-state index in [0.29, 0.717) is 11.7 Å². The lowest BCUT2D eigenvalue weighted by molar-refractivity contribution is 0.0935. The summed E-state index contributed by atoms with van der Waals surface area (Å²) in [5.41, 5.74) is 0.358. The Morgan fingerprint density at radius 3 is 2.68 bits per heavy atom. The smallest absolute Gasteiger partial charge is 0.329 e. The van der Waals surface area contributed by atoms with Crippen molar-refractivity contribution in [2.75, 3.05) is 11.9 Å². The molecule has 0 spiro atoms. The topological polar surface area (TPSA) is 114 Å². The second kappa shape index (κ2) is 7.89. The van der Waals surface area contributed by atoms with Gasteiger partial charge in [-0.1, -0.05) is 18.2 Å². The first kappa shape index (κ1) is 19.7. The van der Waals surface area contributed by atoms with Gasteiger partial charge in [-0.2, -0.15) is 4.98 Å². The number of nitrogens with one attached hydrogen (secondary N) is 2. The first-order valence-corrected chi connectivity index (χ1v) is 9.10. The number of aromatic nitrogens is 4. The Morgan fingerprint density at radius 2 is 2.00 bits per heavy atom. The van der Waals surface area contributed by atoms with Crippen LogP contribution in [0.3, 0.4) is 0 Å². The summed E-state index contributed by atoms with van der Waals surface area (Å²) in [5.74, 6) is 1.10. The maximum absolute atomic E-state index is 12.4. The number of aliphatic hydroxyl groups excluding tert-OH is 1. The summed E-state index contributed by atoms with van der Waals surface area (Å²) in [4.78, 5) is 31.0. The average Bonchev–Trinajstić information content (AvgIpc) is 2.97. The van der Waals surface area contributed by atoms with Crippen LogP contribution in [0.2, 0.25) is 0 Å². The minimum absolute atomic E-state index is 0.0482. The molecule has 9 nitrogen and oxygen atoms in total. The number of anilines is 1. The fourth-order valence-corrected chi connectivity index (χ4v) is 2.95. The number of imidazole rings is 1. The number of fused-ring (bicyclic) bond motifs is 1. The fourth-order valence-electron chi connectivity index (χ4n) is 2.95. The van der Waals surface area contributed by atoms with Crippen molar-refractivity contribution in [1.82, 2.24) is 19.1 Å². The second-order valence-electron chi connectivity index (χ2n) is 7.07. The van der Waals surface area contributed by atoms with Gasteiger partial charge in [-0.3, -0.25) is 14.3 Å². The van der Waals surface area contributed by atoms with Crippen LogP contribution in [0.1, 0.15) is 19.4 Å². The molecule has 3 rings (SSSR count). The minimum Gasteiger partial charge on any atom is -0.491 e. The Labute approximate surface area is 161 Å². The predicted molar refractivity (Wildman–Crippen MR) is 107 cm³/mol. The van der Waals surface area contributed by atoms with Crippen LogP contribution in [-0.2, 0) is 13.6 Å². The van der Waals surface area contributed by atoms with Gasteiger partial charge in [0, 0.05) is 13.1 Å². The van der Waals surface area contributed by atoms with E-state index in [-0.39, 0.29) is 30.4 Å². The molecule has 1 atom stereocenters. The molecule has 0 aliphatic rings. The number of benzene rings is 1. The number of aryl methyl sites for hydroxylation is 2. The van der Waals surface area contributed by atoms with Crippen LogP contribution in [0.25, 0.3) is 11.2 Å². The van der Waals surface area contributed by atoms with Crippen molar-refractivity contribution in [2.24, 2.45) is 7.05 Å². The molecular formula is C19H25N5O4. The molecule has 150 valence electrons. The van der Waals surface area contributed by atoms with Crippen LogP contribution < -0.4 is 21.3 Å². The van der Waals surface area contributed by atoms with E-state index >= 15 is 0 Å². The van der Waals surface area contributed by atoms with Gasteiger partial charge in [0.15, 0.2) is 11.2 Å². The molecule has 9 heteroatoms. The van der Waals surface area contributed by atoms with E-state index in [9.17, 15) is 14.7 Å². The molecule has 0 amide bonds. The fraction of sp³-hybridized carbons (Fsp3) is 0.421. The van der Waals surface area contributed by atoms with E-state index in [2.05, 4.69) is 15.3 Å². The highest BCUT2D eigenvalue weighted by Gasteiger charge is 2.20. The van der Waals surface area contributed by atoms with Crippen molar-refractivity contribution < 1.29 is 9.84 Å². The standard InChI is InChI=1S/C19H25N5O4/c1-11(2)20-18-21-16-15(17(26)22-19(27)23(16)4)24(18)9-13(25)10-28-14-8-6-5-7-12(14)3/h5-8,11,13,25H,9-10H2,1-4H3,(H,20,21)(H,22,26,27). The number of ether oxygens (including phenoxy) is 1. The molecule has 2 aromatic heterocycles. The molecule has 0 saturated carbocycles. The van der Waals surface area contributed by atoms with Gasteiger partial charge in [-0.05, 0) is 32.4 Å². The van der Waals surface area contributed by atoms with Crippen molar-refractivity contribution >= 4 is 17.1 Å². The molecule has 0 bridgehead atoms. The van der Waals surface area contributed by atoms with Crippen LogP contribution in [0.4, 0.5) is 5.95 Å². The van der Waals surface area contributed by atoms with Gasteiger partial charge < -0.3 is 19.7 Å². The number of hydrogen-bond acceptors (Lipinski definition) is 6. The number of para-hydroxylation sites is 1. The van der Waals surface area contributed by atoms with Gasteiger partial charge in [-0.25, -0.2) is 4.79 Å². The molecular weight excluding hydrogens is 362 g/mol. The van der Waals surface area contributed by atoms with E-state index < -0.39 is 17.4 Å². The first-order chi connectivity index (χ1) is 13.3. The molecule has 3 N–H and O–H groups in total. The van der Waals surface area contributed by atoms with E-state index in [4.69, 9.17) is 4.74 Å². The lowest BCUT2D eigenvalue weighted by Gasteiger charge is -2.17. The van der Waals surface area contributed by atoms with Gasteiger partial charge >= 0.3 is 5.69 Å². The summed E-state index contributed by atoms with van der Waals surface area (Å²) >= 11 is 0. The predicted octanol–water partition coefficient (Wildman–Crippen LogP) is 0.992. The largest absolute Gasteiger partial charge is 0.491 e. The molecule has 0 saturated heterocycles. The lowest BCUT2D eigenvalue weighted by Crippen LogP contribution is -2.31. The van der Waals surface area contributed by atoms with Gasteiger partial charge in [-0.15, -0.1) is 0 Å². The zero-order chi connectivity index (χ0) is 20.4. The number of rotatable bonds is 7. The number of aromatic amines is 1. The van der Waals surface area contributed by atoms with Crippen molar-refractivity contribution in [3.05, 3.63) is 50.7 Å². The maximum Gasteiger partial charge on any atom is 0.329 e. The highest BCUT2D eigenvalue weighted by Crippen LogP contribution is 2.19. The van der Waals surface area contributed by atoms with Crippen LogP contribution in [0.5, 0.6) is 5.75 Å². The van der Waals surface area contributed by atoms with Crippen molar-refractivity contribution in [1.29, 1.82) is 0 Å². The summed E-state index contributed by atoms with van der Waals surface area (Å²) in [7, 11) is 1.54. The molecule has 0 aliphatic carbocycles. The maximum atomic E-state index is 12.4. The van der Waals surface area contributed by atoms with Gasteiger partial charge in [0.05, 0.1) is 6.54 Å². The summed E-state index contributed by atoms with van der Waals surface area (Å²) < 4.78 is 8.56. The molecule has 28 heavy (non-hydrogen) atoms. The molecule has 3 aromatic rings. The normalized spacial score (nSPS) is 12.5. The molecule has 1 unspecified atom stereocenters. The van der Waals surface area contributed by atoms with Crippen LogP contribution >= 0.6 is 0 Å². The van der Waals surface area contributed by atoms with E-state index in [0.717, 1.165) is 5.56 Å². The molecule has 0 radical (unpaired) electrons.